The smallest absolute Gasteiger partial charge is 0.123 e. The van der Waals surface area contributed by atoms with E-state index in [1.165, 1.54) is 12.1 Å². The molecule has 2 aromatic rings. The number of hydrogen-bond donors (Lipinski definition) is 1. The zero-order chi connectivity index (χ0) is 12.3. The van der Waals surface area contributed by atoms with Gasteiger partial charge in [0.1, 0.15) is 11.6 Å². The van der Waals surface area contributed by atoms with E-state index in [1.54, 1.807) is 12.1 Å². The van der Waals surface area contributed by atoms with Crippen LogP contribution < -0.4 is 0 Å². The summed E-state index contributed by atoms with van der Waals surface area (Å²) in [5.74, 6) is 0.299. The van der Waals surface area contributed by atoms with Crippen LogP contribution in [0.3, 0.4) is 0 Å². The first-order valence-electron chi connectivity index (χ1n) is 5.75. The van der Waals surface area contributed by atoms with Gasteiger partial charge in [-0.05, 0) is 41.8 Å². The maximum atomic E-state index is 12.9. The third-order valence-corrected chi connectivity index (χ3v) is 2.98. The Kier molecular flexibility index (Phi) is 3.43. The van der Waals surface area contributed by atoms with Crippen LogP contribution in [-0.2, 0) is 0 Å². The molecule has 0 spiro atoms. The lowest BCUT2D eigenvalue weighted by Gasteiger charge is -2.16. The minimum Gasteiger partial charge on any atom is -0.508 e. The molecule has 2 rings (SSSR count). The standard InChI is InChI=1S/C15H15FO/c1-2-15(11-3-7-13(16)8-4-11)12-5-9-14(17)10-6-12/h3-10,15,17H,2H2,1H3. The van der Waals surface area contributed by atoms with E-state index in [4.69, 9.17) is 0 Å². The molecule has 0 amide bonds. The van der Waals surface area contributed by atoms with Crippen molar-refractivity contribution in [2.75, 3.05) is 0 Å². The third-order valence-electron chi connectivity index (χ3n) is 2.98. The van der Waals surface area contributed by atoms with Crippen molar-refractivity contribution in [1.82, 2.24) is 0 Å². The molecular weight excluding hydrogens is 215 g/mol. The maximum absolute atomic E-state index is 12.9. The van der Waals surface area contributed by atoms with Crippen molar-refractivity contribution in [1.29, 1.82) is 0 Å². The van der Waals surface area contributed by atoms with Crippen molar-refractivity contribution in [3.05, 3.63) is 65.5 Å². The van der Waals surface area contributed by atoms with Gasteiger partial charge in [0.2, 0.25) is 0 Å². The first kappa shape index (κ1) is 11.6. The molecule has 0 aliphatic heterocycles. The summed E-state index contributed by atoms with van der Waals surface area (Å²) in [5, 5.41) is 9.27. The van der Waals surface area contributed by atoms with Crippen molar-refractivity contribution in [2.45, 2.75) is 19.3 Å². The predicted molar refractivity (Wildman–Crippen MR) is 66.6 cm³/mol. The highest BCUT2D eigenvalue weighted by molar-refractivity contribution is 5.35. The van der Waals surface area contributed by atoms with Gasteiger partial charge in [-0.3, -0.25) is 0 Å². The number of phenolic OH excluding ortho intramolecular Hbond substituents is 1. The molecule has 0 aliphatic rings. The molecule has 2 heteroatoms. The molecule has 0 aliphatic carbocycles. The van der Waals surface area contributed by atoms with Gasteiger partial charge in [0.05, 0.1) is 0 Å². The molecule has 0 aromatic heterocycles. The van der Waals surface area contributed by atoms with Crippen LogP contribution in [0.5, 0.6) is 5.75 Å². The molecule has 2 aromatic carbocycles. The Balaban J connectivity index is 2.33. The van der Waals surface area contributed by atoms with E-state index in [0.29, 0.717) is 0 Å². The molecule has 1 N–H and O–H groups in total. The van der Waals surface area contributed by atoms with E-state index in [9.17, 15) is 9.50 Å². The Morgan fingerprint density at radius 2 is 1.41 bits per heavy atom. The molecule has 0 saturated carbocycles. The molecule has 17 heavy (non-hydrogen) atoms. The van der Waals surface area contributed by atoms with Gasteiger partial charge in [-0.15, -0.1) is 0 Å². The number of hydrogen-bond acceptors (Lipinski definition) is 1. The Labute approximate surface area is 101 Å². The average molecular weight is 230 g/mol. The molecular formula is C15H15FO. The summed E-state index contributed by atoms with van der Waals surface area (Å²) >= 11 is 0. The zero-order valence-electron chi connectivity index (χ0n) is 9.73. The van der Waals surface area contributed by atoms with Crippen LogP contribution in [0.4, 0.5) is 4.39 Å². The fraction of sp³-hybridized carbons (Fsp3) is 0.200. The molecule has 0 fully saturated rings. The van der Waals surface area contributed by atoms with Crippen molar-refractivity contribution in [2.24, 2.45) is 0 Å². The Morgan fingerprint density at radius 1 is 0.941 bits per heavy atom. The topological polar surface area (TPSA) is 20.2 Å². The summed E-state index contributed by atoms with van der Waals surface area (Å²) in [6, 6.07) is 13.8. The van der Waals surface area contributed by atoms with E-state index in [2.05, 4.69) is 6.92 Å². The lowest BCUT2D eigenvalue weighted by molar-refractivity contribution is 0.475. The summed E-state index contributed by atoms with van der Waals surface area (Å²) in [6.45, 7) is 2.10. The van der Waals surface area contributed by atoms with Crippen LogP contribution in [-0.4, -0.2) is 5.11 Å². The Hall–Kier alpha value is -1.83. The minimum absolute atomic E-state index is 0.214. The van der Waals surface area contributed by atoms with Crippen molar-refractivity contribution >= 4 is 0 Å². The van der Waals surface area contributed by atoms with E-state index < -0.39 is 0 Å². The van der Waals surface area contributed by atoms with E-state index in [1.807, 2.05) is 24.3 Å². The first-order chi connectivity index (χ1) is 8.20. The normalized spacial score (nSPS) is 12.4. The SMILES string of the molecule is CCC(c1ccc(O)cc1)c1ccc(F)cc1. The third kappa shape index (κ3) is 2.64. The Bertz CT molecular complexity index is 428. The zero-order valence-corrected chi connectivity index (χ0v) is 9.73. The van der Waals surface area contributed by atoms with E-state index in [0.717, 1.165) is 17.5 Å². The van der Waals surface area contributed by atoms with Gasteiger partial charge in [0, 0.05) is 5.92 Å². The summed E-state index contributed by atoms with van der Waals surface area (Å²) in [5.41, 5.74) is 2.23. The van der Waals surface area contributed by atoms with E-state index >= 15 is 0 Å². The lowest BCUT2D eigenvalue weighted by atomic mass is 9.89. The van der Waals surface area contributed by atoms with Crippen LogP contribution in [0.25, 0.3) is 0 Å². The monoisotopic (exact) mass is 230 g/mol. The van der Waals surface area contributed by atoms with Gasteiger partial charge in [0.15, 0.2) is 0 Å². The molecule has 0 saturated heterocycles. The van der Waals surface area contributed by atoms with Gasteiger partial charge < -0.3 is 5.11 Å². The van der Waals surface area contributed by atoms with Gasteiger partial charge >= 0.3 is 0 Å². The molecule has 0 heterocycles. The molecule has 88 valence electrons. The van der Waals surface area contributed by atoms with Crippen molar-refractivity contribution in [3.8, 4) is 5.75 Å². The number of phenols is 1. The average Bonchev–Trinajstić information content (AvgIpc) is 2.35. The molecule has 0 bridgehead atoms. The fourth-order valence-electron chi connectivity index (χ4n) is 2.07. The van der Waals surface area contributed by atoms with Gasteiger partial charge in [-0.1, -0.05) is 31.2 Å². The lowest BCUT2D eigenvalue weighted by Crippen LogP contribution is -1.99. The van der Waals surface area contributed by atoms with Crippen LogP contribution in [0.2, 0.25) is 0 Å². The number of benzene rings is 2. The summed E-state index contributed by atoms with van der Waals surface area (Å²) in [4.78, 5) is 0. The van der Waals surface area contributed by atoms with Gasteiger partial charge in [0.25, 0.3) is 0 Å². The largest absolute Gasteiger partial charge is 0.508 e. The highest BCUT2D eigenvalue weighted by Gasteiger charge is 2.11. The fourth-order valence-corrected chi connectivity index (χ4v) is 2.07. The van der Waals surface area contributed by atoms with Crippen LogP contribution >= 0.6 is 0 Å². The van der Waals surface area contributed by atoms with Crippen molar-refractivity contribution < 1.29 is 9.50 Å². The summed E-state index contributed by atoms with van der Waals surface area (Å²) < 4.78 is 12.9. The summed E-state index contributed by atoms with van der Waals surface area (Å²) in [7, 11) is 0. The molecule has 1 unspecified atom stereocenters. The van der Waals surface area contributed by atoms with Gasteiger partial charge in [-0.25, -0.2) is 4.39 Å². The summed E-state index contributed by atoms with van der Waals surface area (Å²) in [6.07, 6.45) is 0.941. The van der Waals surface area contributed by atoms with Crippen LogP contribution in [0.15, 0.2) is 48.5 Å². The molecule has 0 radical (unpaired) electrons. The second kappa shape index (κ2) is 5.00. The second-order valence-electron chi connectivity index (χ2n) is 4.10. The van der Waals surface area contributed by atoms with Crippen LogP contribution in [0, 0.1) is 5.82 Å². The Morgan fingerprint density at radius 3 is 1.88 bits per heavy atom. The number of rotatable bonds is 3. The van der Waals surface area contributed by atoms with E-state index in [-0.39, 0.29) is 17.5 Å². The quantitative estimate of drug-likeness (QED) is 0.842. The molecule has 1 nitrogen and oxygen atoms in total. The highest BCUT2D eigenvalue weighted by atomic mass is 19.1. The van der Waals surface area contributed by atoms with Crippen LogP contribution in [0.1, 0.15) is 30.4 Å². The second-order valence-corrected chi connectivity index (χ2v) is 4.10. The maximum Gasteiger partial charge on any atom is 0.123 e. The highest BCUT2D eigenvalue weighted by Crippen LogP contribution is 2.28. The molecule has 1 atom stereocenters. The first-order valence-corrected chi connectivity index (χ1v) is 5.75. The number of halogens is 1. The number of aromatic hydroxyl groups is 1. The predicted octanol–water partition coefficient (Wildman–Crippen LogP) is 4.07. The minimum atomic E-state index is -0.214. The van der Waals surface area contributed by atoms with Crippen molar-refractivity contribution in [3.63, 3.8) is 0 Å². The van der Waals surface area contributed by atoms with Gasteiger partial charge in [-0.2, -0.15) is 0 Å².